The van der Waals surface area contributed by atoms with Crippen molar-refractivity contribution in [2.24, 2.45) is 5.73 Å². The first-order valence-electron chi connectivity index (χ1n) is 5.55. The molecule has 2 aromatic rings. The topological polar surface area (TPSA) is 67.6 Å². The van der Waals surface area contributed by atoms with Crippen molar-refractivity contribution >= 4 is 0 Å². The van der Waals surface area contributed by atoms with Crippen LogP contribution in [0.4, 0.5) is 4.39 Å². The van der Waals surface area contributed by atoms with Gasteiger partial charge in [-0.25, -0.2) is 9.37 Å². The number of aromatic nitrogens is 3. The second-order valence-corrected chi connectivity index (χ2v) is 3.97. The van der Waals surface area contributed by atoms with Gasteiger partial charge in [-0.05, 0) is 25.5 Å². The Labute approximate surface area is 99.1 Å². The van der Waals surface area contributed by atoms with Gasteiger partial charge in [0.2, 0.25) is 0 Å². The summed E-state index contributed by atoms with van der Waals surface area (Å²) in [5.41, 5.74) is 8.17. The highest BCUT2D eigenvalue weighted by atomic mass is 19.1. The summed E-state index contributed by atoms with van der Waals surface area (Å²) in [6.07, 6.45) is 1.99. The van der Waals surface area contributed by atoms with Crippen LogP contribution < -0.4 is 5.73 Å². The molecule has 1 atom stereocenters. The molecule has 2 heterocycles. The first kappa shape index (κ1) is 11.7. The molecular formula is C12H15FN4. The van der Waals surface area contributed by atoms with Crippen LogP contribution >= 0.6 is 0 Å². The van der Waals surface area contributed by atoms with Gasteiger partial charge >= 0.3 is 0 Å². The molecule has 0 saturated heterocycles. The fraction of sp³-hybridized carbons (Fsp3) is 0.333. The van der Waals surface area contributed by atoms with E-state index in [1.54, 1.807) is 6.07 Å². The van der Waals surface area contributed by atoms with Gasteiger partial charge in [0.1, 0.15) is 17.3 Å². The number of pyridine rings is 1. The maximum atomic E-state index is 12.8. The number of H-pyrrole nitrogens is 1. The Balaban J connectivity index is 2.39. The Morgan fingerprint density at radius 3 is 2.82 bits per heavy atom. The summed E-state index contributed by atoms with van der Waals surface area (Å²) in [5, 5.41) is 0. The molecule has 3 N–H and O–H groups in total. The van der Waals surface area contributed by atoms with Crippen molar-refractivity contribution in [3.63, 3.8) is 0 Å². The number of aromatic amines is 1. The second-order valence-electron chi connectivity index (χ2n) is 3.97. The molecule has 0 aliphatic carbocycles. The summed E-state index contributed by atoms with van der Waals surface area (Å²) >= 11 is 0. The highest BCUT2D eigenvalue weighted by molar-refractivity contribution is 5.57. The quantitative estimate of drug-likeness (QED) is 0.856. The van der Waals surface area contributed by atoms with Gasteiger partial charge in [0, 0.05) is 5.69 Å². The van der Waals surface area contributed by atoms with Gasteiger partial charge in [-0.2, -0.15) is 0 Å². The zero-order valence-corrected chi connectivity index (χ0v) is 9.87. The fourth-order valence-electron chi connectivity index (χ4n) is 1.62. The molecule has 0 aromatic carbocycles. The van der Waals surface area contributed by atoms with Crippen molar-refractivity contribution in [1.29, 1.82) is 0 Å². The first-order chi connectivity index (χ1) is 8.11. The predicted octanol–water partition coefficient (Wildman–Crippen LogP) is 2.33. The van der Waals surface area contributed by atoms with Crippen molar-refractivity contribution in [2.75, 3.05) is 0 Å². The molecule has 0 amide bonds. The third kappa shape index (κ3) is 2.34. The molecule has 0 saturated carbocycles. The lowest BCUT2D eigenvalue weighted by Crippen LogP contribution is -2.10. The van der Waals surface area contributed by atoms with Crippen molar-refractivity contribution in [1.82, 2.24) is 15.0 Å². The van der Waals surface area contributed by atoms with Crippen LogP contribution in [-0.2, 0) is 0 Å². The van der Waals surface area contributed by atoms with Gasteiger partial charge < -0.3 is 10.7 Å². The number of aryl methyl sites for hydroxylation is 1. The summed E-state index contributed by atoms with van der Waals surface area (Å²) < 4.78 is 12.8. The largest absolute Gasteiger partial charge is 0.344 e. The Hall–Kier alpha value is -1.75. The van der Waals surface area contributed by atoms with Gasteiger partial charge in [0.05, 0.1) is 17.9 Å². The van der Waals surface area contributed by atoms with Crippen LogP contribution in [0.1, 0.15) is 30.9 Å². The maximum absolute atomic E-state index is 12.8. The highest BCUT2D eigenvalue weighted by Gasteiger charge is 2.13. The molecule has 4 nitrogen and oxygen atoms in total. The zero-order valence-electron chi connectivity index (χ0n) is 9.87. The molecule has 0 aliphatic rings. The molecular weight excluding hydrogens is 219 g/mol. The molecule has 2 rings (SSSR count). The molecule has 2 aromatic heterocycles. The Bertz CT molecular complexity index is 504. The van der Waals surface area contributed by atoms with Crippen LogP contribution in [0.3, 0.4) is 0 Å². The second kappa shape index (κ2) is 4.63. The highest BCUT2D eigenvalue weighted by Crippen LogP contribution is 2.21. The Morgan fingerprint density at radius 1 is 1.47 bits per heavy atom. The minimum atomic E-state index is -0.354. The molecule has 5 heteroatoms. The summed E-state index contributed by atoms with van der Waals surface area (Å²) in [6.45, 7) is 3.90. The van der Waals surface area contributed by atoms with E-state index in [0.717, 1.165) is 23.6 Å². The van der Waals surface area contributed by atoms with Gasteiger partial charge in [0.25, 0.3) is 0 Å². The summed E-state index contributed by atoms with van der Waals surface area (Å²) in [5.74, 6) is 0.388. The van der Waals surface area contributed by atoms with Crippen LogP contribution in [-0.4, -0.2) is 15.0 Å². The third-order valence-corrected chi connectivity index (χ3v) is 2.66. The average molecular weight is 234 g/mol. The lowest BCUT2D eigenvalue weighted by molar-refractivity contribution is 0.621. The van der Waals surface area contributed by atoms with Gasteiger partial charge in [0.15, 0.2) is 0 Å². The Kier molecular flexibility index (Phi) is 3.19. The normalized spacial score (nSPS) is 12.7. The SMILES string of the molecule is CCC(N)c1nc(-c2ccc(F)cn2)c(C)[nH]1. The monoisotopic (exact) mass is 234 g/mol. The standard InChI is InChI=1S/C12H15FN4/c1-3-9(14)12-16-7(2)11(17-12)10-5-4-8(13)6-15-10/h4-6,9H,3,14H2,1-2H3,(H,16,17). The predicted molar refractivity (Wildman–Crippen MR) is 63.7 cm³/mol. The average Bonchev–Trinajstić information content (AvgIpc) is 2.71. The number of halogens is 1. The van der Waals surface area contributed by atoms with E-state index in [1.807, 2.05) is 13.8 Å². The third-order valence-electron chi connectivity index (χ3n) is 2.66. The number of rotatable bonds is 3. The molecule has 0 aliphatic heterocycles. The number of hydrogen-bond acceptors (Lipinski definition) is 3. The summed E-state index contributed by atoms with van der Waals surface area (Å²) in [6, 6.07) is 2.87. The zero-order chi connectivity index (χ0) is 12.4. The van der Waals surface area contributed by atoms with Crippen LogP contribution in [0.15, 0.2) is 18.3 Å². The lowest BCUT2D eigenvalue weighted by Gasteiger charge is -2.02. The van der Waals surface area contributed by atoms with E-state index in [0.29, 0.717) is 5.69 Å². The first-order valence-corrected chi connectivity index (χ1v) is 5.55. The number of nitrogens with zero attached hydrogens (tertiary/aromatic N) is 2. The lowest BCUT2D eigenvalue weighted by atomic mass is 10.2. The molecule has 17 heavy (non-hydrogen) atoms. The number of nitrogens with two attached hydrogens (primary N) is 1. The molecule has 0 radical (unpaired) electrons. The Morgan fingerprint density at radius 2 is 2.24 bits per heavy atom. The number of nitrogens with one attached hydrogen (secondary N) is 1. The van der Waals surface area contributed by atoms with Crippen molar-refractivity contribution in [3.05, 3.63) is 35.7 Å². The van der Waals surface area contributed by atoms with E-state index in [9.17, 15) is 4.39 Å². The van der Waals surface area contributed by atoms with Crippen molar-refractivity contribution in [3.8, 4) is 11.4 Å². The fourth-order valence-corrected chi connectivity index (χ4v) is 1.62. The molecule has 0 fully saturated rings. The van der Waals surface area contributed by atoms with E-state index in [4.69, 9.17) is 5.73 Å². The van der Waals surface area contributed by atoms with Crippen molar-refractivity contribution < 1.29 is 4.39 Å². The summed E-state index contributed by atoms with van der Waals surface area (Å²) in [4.78, 5) is 11.6. The van der Waals surface area contributed by atoms with Crippen molar-refractivity contribution in [2.45, 2.75) is 26.3 Å². The minimum Gasteiger partial charge on any atom is -0.344 e. The number of imidazole rings is 1. The maximum Gasteiger partial charge on any atom is 0.141 e. The van der Waals surface area contributed by atoms with Gasteiger partial charge in [-0.3, -0.25) is 4.98 Å². The van der Waals surface area contributed by atoms with Gasteiger partial charge in [-0.1, -0.05) is 6.92 Å². The van der Waals surface area contributed by atoms with Crippen LogP contribution in [0, 0.1) is 12.7 Å². The molecule has 90 valence electrons. The van der Waals surface area contributed by atoms with Crippen LogP contribution in [0.25, 0.3) is 11.4 Å². The van der Waals surface area contributed by atoms with Crippen LogP contribution in [0.2, 0.25) is 0 Å². The van der Waals surface area contributed by atoms with E-state index < -0.39 is 0 Å². The smallest absolute Gasteiger partial charge is 0.141 e. The molecule has 1 unspecified atom stereocenters. The number of hydrogen-bond donors (Lipinski definition) is 2. The minimum absolute atomic E-state index is 0.108. The van der Waals surface area contributed by atoms with E-state index in [1.165, 1.54) is 12.3 Å². The molecule has 0 spiro atoms. The van der Waals surface area contributed by atoms with Crippen LogP contribution in [0.5, 0.6) is 0 Å². The van der Waals surface area contributed by atoms with E-state index in [2.05, 4.69) is 15.0 Å². The van der Waals surface area contributed by atoms with Gasteiger partial charge in [-0.15, -0.1) is 0 Å². The van der Waals surface area contributed by atoms with E-state index >= 15 is 0 Å². The summed E-state index contributed by atoms with van der Waals surface area (Å²) in [7, 11) is 0. The molecule has 0 bridgehead atoms. The van der Waals surface area contributed by atoms with E-state index in [-0.39, 0.29) is 11.9 Å².